The highest BCUT2D eigenvalue weighted by molar-refractivity contribution is 6.84. The number of hydrogen-bond acceptors (Lipinski definition) is 3. The molecule has 0 radical (unpaired) electrons. The van der Waals surface area contributed by atoms with Gasteiger partial charge >= 0.3 is 6.92 Å². The van der Waals surface area contributed by atoms with Crippen LogP contribution in [0.1, 0.15) is 0 Å². The number of aromatic nitrogens is 1. The molecule has 2 aliphatic rings. The normalized spacial score (nSPS) is 12.6. The molecule has 0 unspecified atom stereocenters. The van der Waals surface area contributed by atoms with Crippen LogP contribution in [-0.2, 0) is 0 Å². The van der Waals surface area contributed by atoms with Crippen LogP contribution in [0.25, 0.3) is 93.9 Å². The van der Waals surface area contributed by atoms with Crippen molar-refractivity contribution in [1.29, 1.82) is 0 Å². The zero-order valence-corrected chi connectivity index (χ0v) is 31.7. The first-order valence-electron chi connectivity index (χ1n) is 20.1. The summed E-state index contributed by atoms with van der Waals surface area (Å²) >= 11 is 0. The molecule has 59 heavy (non-hydrogen) atoms. The maximum atomic E-state index is 6.97. The maximum Gasteiger partial charge on any atom is 0.434 e. The van der Waals surface area contributed by atoms with Gasteiger partial charge in [-0.1, -0.05) is 140 Å². The molecule has 2 aliphatic heterocycles. The Morgan fingerprint density at radius 2 is 1.05 bits per heavy atom. The third-order valence-corrected chi connectivity index (χ3v) is 12.3. The Labute approximate surface area is 340 Å². The van der Waals surface area contributed by atoms with Crippen molar-refractivity contribution < 1.29 is 13.8 Å². The molecule has 0 amide bonds. The van der Waals surface area contributed by atoms with Crippen molar-refractivity contribution in [1.82, 2.24) is 4.57 Å². The summed E-state index contributed by atoms with van der Waals surface area (Å²) < 4.78 is 22.7. The summed E-state index contributed by atoms with van der Waals surface area (Å²) in [6, 6.07) is 68.8. The third kappa shape index (κ3) is 4.79. The van der Waals surface area contributed by atoms with Crippen molar-refractivity contribution in [2.75, 3.05) is 0 Å². The Balaban J connectivity index is 0.945. The lowest BCUT2D eigenvalue weighted by molar-refractivity contribution is 0.479. The minimum Gasteiger partial charge on any atom is -0.551 e. The van der Waals surface area contributed by atoms with Gasteiger partial charge in [0.15, 0.2) is 0 Å². The van der Waals surface area contributed by atoms with Crippen LogP contribution in [0, 0.1) is 0 Å². The number of fused-ring (bicyclic) bond motifs is 10. The minimum absolute atomic E-state index is 0.343. The molecule has 0 aliphatic carbocycles. The second-order valence-electron chi connectivity index (χ2n) is 15.5. The highest BCUT2D eigenvalue weighted by Crippen LogP contribution is 2.44. The summed E-state index contributed by atoms with van der Waals surface area (Å²) in [7, 11) is 0. The number of rotatable bonds is 4. The van der Waals surface area contributed by atoms with Crippen LogP contribution in [0.4, 0.5) is 0 Å². The summed E-state index contributed by atoms with van der Waals surface area (Å²) in [6.07, 6.45) is 0. The van der Waals surface area contributed by atoms with Gasteiger partial charge in [-0.2, -0.15) is 0 Å². The fourth-order valence-corrected chi connectivity index (χ4v) is 9.64. The third-order valence-electron chi connectivity index (χ3n) is 12.3. The Kier molecular flexibility index (Phi) is 6.78. The van der Waals surface area contributed by atoms with Crippen molar-refractivity contribution in [3.05, 3.63) is 194 Å². The van der Waals surface area contributed by atoms with E-state index in [-0.39, 0.29) is 6.92 Å². The van der Waals surface area contributed by atoms with E-state index in [4.69, 9.17) is 13.8 Å². The highest BCUT2D eigenvalue weighted by Gasteiger charge is 2.41. The second-order valence-corrected chi connectivity index (χ2v) is 15.5. The van der Waals surface area contributed by atoms with Crippen LogP contribution in [0.5, 0.6) is 17.2 Å². The van der Waals surface area contributed by atoms with Gasteiger partial charge in [-0.15, -0.1) is 0 Å². The molecule has 0 saturated heterocycles. The lowest BCUT2D eigenvalue weighted by Crippen LogP contribution is -2.53. The van der Waals surface area contributed by atoms with Crippen molar-refractivity contribution in [3.8, 4) is 67.4 Å². The molecule has 13 rings (SSSR count). The summed E-state index contributed by atoms with van der Waals surface area (Å²) in [5, 5.41) is 4.73. The molecule has 5 heteroatoms. The van der Waals surface area contributed by atoms with Gasteiger partial charge in [-0.3, -0.25) is 0 Å². The molecule has 0 bridgehead atoms. The minimum atomic E-state index is -0.343. The molecule has 4 heterocycles. The highest BCUT2D eigenvalue weighted by atomic mass is 16.5. The number of hydrogen-bond donors (Lipinski definition) is 0. The van der Waals surface area contributed by atoms with Crippen molar-refractivity contribution in [2.45, 2.75) is 0 Å². The van der Waals surface area contributed by atoms with Gasteiger partial charge in [-0.25, -0.2) is 0 Å². The van der Waals surface area contributed by atoms with Crippen LogP contribution in [0.3, 0.4) is 0 Å². The van der Waals surface area contributed by atoms with Gasteiger partial charge in [0.1, 0.15) is 28.4 Å². The number of nitrogens with zero attached hydrogens (tertiary/aromatic N) is 1. The van der Waals surface area contributed by atoms with Gasteiger partial charge in [-0.05, 0) is 82.4 Å². The van der Waals surface area contributed by atoms with Crippen LogP contribution in [0.2, 0.25) is 0 Å². The van der Waals surface area contributed by atoms with Crippen LogP contribution in [0.15, 0.2) is 199 Å². The largest absolute Gasteiger partial charge is 0.551 e. The van der Waals surface area contributed by atoms with Crippen LogP contribution < -0.4 is 20.3 Å². The topological polar surface area (TPSA) is 36.5 Å². The Morgan fingerprint density at radius 1 is 0.390 bits per heavy atom. The van der Waals surface area contributed by atoms with Crippen LogP contribution >= 0.6 is 0 Å². The predicted octanol–water partition coefficient (Wildman–Crippen LogP) is 13.0. The average Bonchev–Trinajstić information content (AvgIpc) is 3.85. The van der Waals surface area contributed by atoms with E-state index in [9.17, 15) is 0 Å². The van der Waals surface area contributed by atoms with Crippen LogP contribution in [-0.4, -0.2) is 11.5 Å². The summed E-state index contributed by atoms with van der Waals surface area (Å²) in [4.78, 5) is 0. The van der Waals surface area contributed by atoms with E-state index in [1.165, 1.54) is 21.8 Å². The predicted molar refractivity (Wildman–Crippen MR) is 242 cm³/mol. The molecule has 0 spiro atoms. The Hall–Kier alpha value is -7.76. The first-order chi connectivity index (χ1) is 29.2. The fraction of sp³-hybridized carbons (Fsp3) is 0. The molecule has 0 atom stereocenters. The first kappa shape index (κ1) is 32.3. The second kappa shape index (κ2) is 12.4. The quantitative estimate of drug-likeness (QED) is 0.168. The summed E-state index contributed by atoms with van der Waals surface area (Å²) in [6.45, 7) is -0.343. The summed E-state index contributed by atoms with van der Waals surface area (Å²) in [5.74, 6) is 2.48. The van der Waals surface area contributed by atoms with Gasteiger partial charge in [0, 0.05) is 49.2 Å². The van der Waals surface area contributed by atoms with E-state index in [2.05, 4.69) is 187 Å². The molecule has 9 aromatic carbocycles. The number of para-hydroxylation sites is 6. The molecule has 2 aromatic heterocycles. The SMILES string of the molecule is c1cc(-c2cc3c4c(c2)-c2ccccc2OB4c2cc(-c4ccccc4-n4c5ccccc5c5ccccc54)ccc2O3)cc(-c2cccc3c2oc2ccccc23)c1. The van der Waals surface area contributed by atoms with E-state index >= 15 is 0 Å². The van der Waals surface area contributed by atoms with E-state index in [1.54, 1.807) is 0 Å². The van der Waals surface area contributed by atoms with Gasteiger partial charge < -0.3 is 18.4 Å². The molecule has 274 valence electrons. The average molecular weight is 754 g/mol. The molecule has 4 nitrogen and oxygen atoms in total. The molecular weight excluding hydrogens is 721 g/mol. The monoisotopic (exact) mass is 753 g/mol. The Morgan fingerprint density at radius 3 is 1.92 bits per heavy atom. The van der Waals surface area contributed by atoms with E-state index in [1.807, 2.05) is 12.1 Å². The standard InChI is InChI=1S/C54H32BNO3/c1-6-22-46(56-47-23-7-2-16-39(47)40-17-3-8-24-48(40)56)37(15-1)35-27-28-51-45(31-35)55-53-44(42-19-5-10-26-50(42)59-55)30-36(32-52(53)57-51)33-13-11-14-34(29-33)38-20-12-21-43-41-18-4-9-25-49(41)58-54(38)43/h1-32H. The lowest BCUT2D eigenvalue weighted by Gasteiger charge is -2.33. The van der Waals surface area contributed by atoms with Crippen molar-refractivity contribution >= 4 is 61.6 Å². The fourth-order valence-electron chi connectivity index (χ4n) is 9.64. The number of ether oxygens (including phenoxy) is 1. The zero-order valence-electron chi connectivity index (χ0n) is 31.7. The zero-order chi connectivity index (χ0) is 38.6. The van der Waals surface area contributed by atoms with E-state index < -0.39 is 0 Å². The van der Waals surface area contributed by atoms with Gasteiger partial charge in [0.25, 0.3) is 0 Å². The number of furan rings is 1. The van der Waals surface area contributed by atoms with Gasteiger partial charge in [0.05, 0.1) is 16.7 Å². The molecule has 0 saturated carbocycles. The molecular formula is C54H32BNO3. The van der Waals surface area contributed by atoms with E-state index in [0.717, 1.165) is 100 Å². The Bertz CT molecular complexity index is 3490. The number of benzene rings is 9. The van der Waals surface area contributed by atoms with Crippen molar-refractivity contribution in [3.63, 3.8) is 0 Å². The molecule has 0 N–H and O–H groups in total. The summed E-state index contributed by atoms with van der Waals surface area (Å²) in [5.41, 5.74) is 16.1. The lowest BCUT2D eigenvalue weighted by atomic mass is 9.50. The van der Waals surface area contributed by atoms with Crippen molar-refractivity contribution in [2.24, 2.45) is 0 Å². The molecule has 11 aromatic rings. The first-order valence-corrected chi connectivity index (χ1v) is 20.1. The smallest absolute Gasteiger partial charge is 0.434 e. The maximum absolute atomic E-state index is 6.97. The molecule has 0 fully saturated rings. The van der Waals surface area contributed by atoms with E-state index in [0.29, 0.717) is 0 Å². The van der Waals surface area contributed by atoms with Gasteiger partial charge in [0.2, 0.25) is 0 Å².